The zero-order valence-corrected chi connectivity index (χ0v) is 16.3. The molecular weight excluding hydrogens is 366 g/mol. The van der Waals surface area contributed by atoms with E-state index in [4.69, 9.17) is 4.74 Å². The molecular formula is C19H23N3O4S. The minimum atomic E-state index is -3.68. The molecule has 0 spiro atoms. The van der Waals surface area contributed by atoms with Crippen LogP contribution in [0, 0.1) is 0 Å². The topological polar surface area (TPSA) is 88.6 Å². The number of hydrogen-bond acceptors (Lipinski definition) is 5. The van der Waals surface area contributed by atoms with E-state index >= 15 is 0 Å². The van der Waals surface area contributed by atoms with E-state index in [0.29, 0.717) is 36.8 Å². The summed E-state index contributed by atoms with van der Waals surface area (Å²) in [7, 11) is -3.68. The maximum absolute atomic E-state index is 13.2. The highest BCUT2D eigenvalue weighted by molar-refractivity contribution is 7.89. The van der Waals surface area contributed by atoms with Crippen molar-refractivity contribution in [2.75, 3.05) is 18.0 Å². The Kier molecular flexibility index (Phi) is 5.76. The highest BCUT2D eigenvalue weighted by atomic mass is 32.2. The SMILES string of the molecule is CCCCN1C(=O)c2cc(S(=O)(=O)NCCC)ccc2Oc2cccnc21. The minimum Gasteiger partial charge on any atom is -0.453 e. The van der Waals surface area contributed by atoms with Gasteiger partial charge in [0.15, 0.2) is 11.6 Å². The van der Waals surface area contributed by atoms with E-state index in [1.54, 1.807) is 23.2 Å². The maximum atomic E-state index is 13.2. The number of amides is 1. The van der Waals surface area contributed by atoms with Crippen LogP contribution in [-0.2, 0) is 10.0 Å². The van der Waals surface area contributed by atoms with E-state index in [0.717, 1.165) is 12.8 Å². The number of anilines is 1. The highest BCUT2D eigenvalue weighted by Crippen LogP contribution is 2.38. The Labute approximate surface area is 159 Å². The normalized spacial score (nSPS) is 13.6. The molecule has 0 atom stereocenters. The monoisotopic (exact) mass is 389 g/mol. The predicted molar refractivity (Wildman–Crippen MR) is 103 cm³/mol. The fourth-order valence-corrected chi connectivity index (χ4v) is 3.96. The Morgan fingerprint density at radius 1 is 1.15 bits per heavy atom. The van der Waals surface area contributed by atoms with Crippen molar-refractivity contribution in [3.63, 3.8) is 0 Å². The molecule has 7 nitrogen and oxygen atoms in total. The van der Waals surface area contributed by atoms with Crippen molar-refractivity contribution >= 4 is 21.7 Å². The van der Waals surface area contributed by atoms with Crippen molar-refractivity contribution in [2.24, 2.45) is 0 Å². The van der Waals surface area contributed by atoms with E-state index in [2.05, 4.69) is 9.71 Å². The number of nitrogens with zero attached hydrogens (tertiary/aromatic N) is 2. The van der Waals surface area contributed by atoms with Gasteiger partial charge >= 0.3 is 0 Å². The van der Waals surface area contributed by atoms with Gasteiger partial charge in [-0.15, -0.1) is 0 Å². The molecule has 1 amide bonds. The number of hydrogen-bond donors (Lipinski definition) is 1. The molecule has 0 unspecified atom stereocenters. The number of rotatable bonds is 7. The van der Waals surface area contributed by atoms with Crippen molar-refractivity contribution in [1.82, 2.24) is 9.71 Å². The van der Waals surface area contributed by atoms with E-state index < -0.39 is 10.0 Å². The maximum Gasteiger partial charge on any atom is 0.263 e. The first-order valence-corrected chi connectivity index (χ1v) is 10.5. The number of sulfonamides is 1. The lowest BCUT2D eigenvalue weighted by atomic mass is 10.1. The molecule has 1 aromatic carbocycles. The predicted octanol–water partition coefficient (Wildman–Crippen LogP) is 3.32. The van der Waals surface area contributed by atoms with Gasteiger partial charge < -0.3 is 4.74 Å². The molecule has 1 aliphatic heterocycles. The molecule has 0 saturated carbocycles. The van der Waals surface area contributed by atoms with Crippen molar-refractivity contribution in [1.29, 1.82) is 0 Å². The van der Waals surface area contributed by atoms with Gasteiger partial charge in [-0.1, -0.05) is 20.3 Å². The zero-order chi connectivity index (χ0) is 19.4. The molecule has 1 aliphatic rings. The average molecular weight is 389 g/mol. The molecule has 2 aromatic rings. The van der Waals surface area contributed by atoms with Gasteiger partial charge in [0, 0.05) is 19.3 Å². The fourth-order valence-electron chi connectivity index (χ4n) is 2.80. The smallest absolute Gasteiger partial charge is 0.263 e. The van der Waals surface area contributed by atoms with Gasteiger partial charge in [-0.3, -0.25) is 9.69 Å². The Balaban J connectivity index is 2.06. The van der Waals surface area contributed by atoms with Crippen LogP contribution in [0.3, 0.4) is 0 Å². The molecule has 0 aliphatic carbocycles. The molecule has 2 heterocycles. The molecule has 27 heavy (non-hydrogen) atoms. The summed E-state index contributed by atoms with van der Waals surface area (Å²) in [6.07, 6.45) is 4.00. The first kappa shape index (κ1) is 19.3. The molecule has 0 bridgehead atoms. The van der Waals surface area contributed by atoms with Gasteiger partial charge in [0.1, 0.15) is 5.75 Å². The van der Waals surface area contributed by atoms with Crippen LogP contribution in [-0.4, -0.2) is 32.4 Å². The van der Waals surface area contributed by atoms with Crippen LogP contribution in [0.5, 0.6) is 11.5 Å². The number of benzene rings is 1. The van der Waals surface area contributed by atoms with Crippen LogP contribution < -0.4 is 14.4 Å². The fraction of sp³-hybridized carbons (Fsp3) is 0.368. The van der Waals surface area contributed by atoms with Crippen LogP contribution in [0.4, 0.5) is 5.82 Å². The number of aromatic nitrogens is 1. The van der Waals surface area contributed by atoms with Crippen molar-refractivity contribution < 1.29 is 17.9 Å². The third kappa shape index (κ3) is 3.96. The van der Waals surface area contributed by atoms with E-state index in [9.17, 15) is 13.2 Å². The van der Waals surface area contributed by atoms with Gasteiger partial charge in [0.25, 0.3) is 5.91 Å². The first-order valence-electron chi connectivity index (χ1n) is 9.06. The summed E-state index contributed by atoms with van der Waals surface area (Å²) < 4.78 is 33.3. The summed E-state index contributed by atoms with van der Waals surface area (Å²) in [4.78, 5) is 19.1. The van der Waals surface area contributed by atoms with Gasteiger partial charge in [0.05, 0.1) is 10.5 Å². The molecule has 3 rings (SSSR count). The lowest BCUT2D eigenvalue weighted by Gasteiger charge is -2.20. The lowest BCUT2D eigenvalue weighted by molar-refractivity contribution is 0.0986. The van der Waals surface area contributed by atoms with Gasteiger partial charge in [-0.05, 0) is 43.2 Å². The van der Waals surface area contributed by atoms with E-state index in [1.807, 2.05) is 13.8 Å². The molecule has 0 fully saturated rings. The molecule has 8 heteroatoms. The summed E-state index contributed by atoms with van der Waals surface area (Å²) in [6.45, 7) is 4.73. The number of ether oxygens (including phenoxy) is 1. The van der Waals surface area contributed by atoms with E-state index in [1.165, 1.54) is 18.2 Å². The standard InChI is InChI=1S/C19H23N3O4S/c1-3-5-12-22-18-17(7-6-11-20-18)26-16-9-8-14(13-15(16)19(22)23)27(24,25)21-10-4-2/h6-9,11,13,21H,3-5,10,12H2,1-2H3. The van der Waals surface area contributed by atoms with E-state index in [-0.39, 0.29) is 16.4 Å². The van der Waals surface area contributed by atoms with Gasteiger partial charge in [0.2, 0.25) is 10.0 Å². The minimum absolute atomic E-state index is 0.0426. The van der Waals surface area contributed by atoms with Crippen molar-refractivity contribution in [2.45, 2.75) is 38.0 Å². The molecule has 1 aromatic heterocycles. The Hall–Kier alpha value is -2.45. The van der Waals surface area contributed by atoms with Gasteiger partial charge in [-0.25, -0.2) is 18.1 Å². The number of carbonyl (C=O) groups excluding carboxylic acids is 1. The Bertz CT molecular complexity index is 944. The highest BCUT2D eigenvalue weighted by Gasteiger charge is 2.30. The lowest BCUT2D eigenvalue weighted by Crippen LogP contribution is -2.32. The molecule has 1 N–H and O–H groups in total. The van der Waals surface area contributed by atoms with Gasteiger partial charge in [-0.2, -0.15) is 0 Å². The first-order chi connectivity index (χ1) is 13.0. The van der Waals surface area contributed by atoms with Crippen molar-refractivity contribution in [3.8, 4) is 11.5 Å². The number of carbonyl (C=O) groups is 1. The summed E-state index contributed by atoms with van der Waals surface area (Å²) >= 11 is 0. The van der Waals surface area contributed by atoms with Crippen LogP contribution in [0.25, 0.3) is 0 Å². The number of nitrogens with one attached hydrogen (secondary N) is 1. The quantitative estimate of drug-likeness (QED) is 0.785. The molecule has 0 saturated heterocycles. The second kappa shape index (κ2) is 8.06. The second-order valence-electron chi connectivity index (χ2n) is 6.29. The second-order valence-corrected chi connectivity index (χ2v) is 8.06. The van der Waals surface area contributed by atoms with Crippen LogP contribution >= 0.6 is 0 Å². The van der Waals surface area contributed by atoms with Crippen LogP contribution in [0.15, 0.2) is 41.4 Å². The number of fused-ring (bicyclic) bond motifs is 2. The van der Waals surface area contributed by atoms with Crippen LogP contribution in [0.2, 0.25) is 0 Å². The van der Waals surface area contributed by atoms with Crippen LogP contribution in [0.1, 0.15) is 43.5 Å². The molecule has 144 valence electrons. The third-order valence-corrected chi connectivity index (χ3v) is 5.70. The summed E-state index contributed by atoms with van der Waals surface area (Å²) in [5, 5.41) is 0. The van der Waals surface area contributed by atoms with Crippen molar-refractivity contribution in [3.05, 3.63) is 42.1 Å². The number of unbranched alkanes of at least 4 members (excludes halogenated alkanes) is 1. The third-order valence-electron chi connectivity index (χ3n) is 4.24. The number of pyridine rings is 1. The summed E-state index contributed by atoms with van der Waals surface area (Å²) in [5.74, 6) is 0.923. The molecule has 0 radical (unpaired) electrons. The Morgan fingerprint density at radius 3 is 2.70 bits per heavy atom. The summed E-state index contributed by atoms with van der Waals surface area (Å²) in [6, 6.07) is 7.83. The largest absolute Gasteiger partial charge is 0.453 e. The zero-order valence-electron chi connectivity index (χ0n) is 15.4. The Morgan fingerprint density at radius 2 is 1.96 bits per heavy atom. The summed E-state index contributed by atoms with van der Waals surface area (Å²) in [5.41, 5.74) is 0.212. The average Bonchev–Trinajstić information content (AvgIpc) is 2.78.